The van der Waals surface area contributed by atoms with Crippen molar-refractivity contribution >= 4 is 5.65 Å². The first-order chi connectivity index (χ1) is 13.3. The van der Waals surface area contributed by atoms with Crippen LogP contribution >= 0.6 is 0 Å². The molecular weight excluding hydrogens is 373 g/mol. The molecule has 0 unspecified atom stereocenters. The van der Waals surface area contributed by atoms with Crippen LogP contribution in [0.3, 0.4) is 0 Å². The lowest BCUT2D eigenvalue weighted by atomic mass is 10.1. The number of hydrogen-bond acceptors (Lipinski definition) is 5. The number of hydrogen-bond donors (Lipinski definition) is 0. The molecule has 3 heterocycles. The van der Waals surface area contributed by atoms with Crippen molar-refractivity contribution in [3.8, 4) is 11.4 Å². The second-order valence-electron chi connectivity index (χ2n) is 6.17. The first kappa shape index (κ1) is 17.8. The van der Waals surface area contributed by atoms with Gasteiger partial charge in [0.25, 0.3) is 5.56 Å². The van der Waals surface area contributed by atoms with Crippen LogP contribution in [0, 0.1) is 6.92 Å². The first-order valence-corrected chi connectivity index (χ1v) is 8.25. The van der Waals surface area contributed by atoms with Crippen LogP contribution in [0.4, 0.5) is 13.2 Å². The Balaban J connectivity index is 1.64. The molecule has 10 heteroatoms. The summed E-state index contributed by atoms with van der Waals surface area (Å²) < 4.78 is 40.1. The molecule has 0 aliphatic heterocycles. The molecule has 0 amide bonds. The molecule has 1 aromatic carbocycles. The number of pyridine rings is 1. The second kappa shape index (κ2) is 6.55. The maximum Gasteiger partial charge on any atom is 0.416 e. The van der Waals surface area contributed by atoms with E-state index in [4.69, 9.17) is 0 Å². The van der Waals surface area contributed by atoms with Gasteiger partial charge in [-0.25, -0.2) is 4.98 Å². The van der Waals surface area contributed by atoms with Crippen LogP contribution in [-0.4, -0.2) is 29.6 Å². The maximum atomic E-state index is 12.9. The van der Waals surface area contributed by atoms with Crippen molar-refractivity contribution in [3.63, 3.8) is 0 Å². The zero-order valence-corrected chi connectivity index (χ0v) is 14.6. The zero-order chi connectivity index (χ0) is 19.9. The summed E-state index contributed by atoms with van der Waals surface area (Å²) in [7, 11) is 0. The molecule has 0 aliphatic rings. The smallest absolute Gasteiger partial charge is 0.269 e. The van der Waals surface area contributed by atoms with E-state index < -0.39 is 11.7 Å². The van der Waals surface area contributed by atoms with Crippen molar-refractivity contribution in [2.45, 2.75) is 19.6 Å². The van der Waals surface area contributed by atoms with Crippen LogP contribution in [0.5, 0.6) is 0 Å². The Kier molecular flexibility index (Phi) is 4.17. The minimum Gasteiger partial charge on any atom is -0.269 e. The third kappa shape index (κ3) is 3.36. The van der Waals surface area contributed by atoms with Gasteiger partial charge < -0.3 is 0 Å². The van der Waals surface area contributed by atoms with E-state index in [1.54, 1.807) is 25.1 Å². The van der Waals surface area contributed by atoms with Crippen LogP contribution in [0.15, 0.2) is 53.3 Å². The van der Waals surface area contributed by atoms with Gasteiger partial charge in [-0.05, 0) is 36.4 Å². The molecule has 0 saturated heterocycles. The lowest BCUT2D eigenvalue weighted by Crippen LogP contribution is -2.19. The number of benzene rings is 1. The molecule has 7 nitrogen and oxygen atoms in total. The van der Waals surface area contributed by atoms with Gasteiger partial charge in [-0.1, -0.05) is 18.2 Å². The van der Waals surface area contributed by atoms with Gasteiger partial charge in [-0.2, -0.15) is 18.0 Å². The highest BCUT2D eigenvalue weighted by molar-refractivity contribution is 5.55. The summed E-state index contributed by atoms with van der Waals surface area (Å²) in [6, 6.07) is 11.4. The molecule has 4 aromatic rings. The fraction of sp³-hybridized carbons (Fsp3) is 0.167. The fourth-order valence-electron chi connectivity index (χ4n) is 2.85. The molecule has 0 radical (unpaired) electrons. The number of aromatic nitrogens is 6. The lowest BCUT2D eigenvalue weighted by Gasteiger charge is -2.06. The molecule has 28 heavy (non-hydrogen) atoms. The van der Waals surface area contributed by atoms with Crippen molar-refractivity contribution in [1.29, 1.82) is 0 Å². The van der Waals surface area contributed by atoms with Crippen molar-refractivity contribution < 1.29 is 13.2 Å². The number of nitrogens with zero attached hydrogens (tertiary/aromatic N) is 6. The van der Waals surface area contributed by atoms with Gasteiger partial charge in [0.1, 0.15) is 12.2 Å². The Morgan fingerprint density at radius 1 is 1.07 bits per heavy atom. The van der Waals surface area contributed by atoms with E-state index in [1.807, 2.05) is 0 Å². The summed E-state index contributed by atoms with van der Waals surface area (Å²) in [6.45, 7) is 1.86. The SMILES string of the molecule is Cc1cccc2nc(Cn3nnc(-c4cccc(C(F)(F)F)c4)n3)cc(=O)n12. The van der Waals surface area contributed by atoms with E-state index in [9.17, 15) is 18.0 Å². The Bertz CT molecular complexity index is 1230. The Hall–Kier alpha value is -3.56. The highest BCUT2D eigenvalue weighted by atomic mass is 19.4. The normalized spacial score (nSPS) is 11.9. The highest BCUT2D eigenvalue weighted by Gasteiger charge is 2.30. The van der Waals surface area contributed by atoms with Crippen molar-refractivity contribution in [2.24, 2.45) is 0 Å². The van der Waals surface area contributed by atoms with Crippen molar-refractivity contribution in [3.05, 3.63) is 75.8 Å². The van der Waals surface area contributed by atoms with E-state index in [0.717, 1.165) is 17.8 Å². The van der Waals surface area contributed by atoms with Crippen LogP contribution in [0.1, 0.15) is 17.0 Å². The summed E-state index contributed by atoms with van der Waals surface area (Å²) in [5.74, 6) is 0.0551. The molecule has 4 rings (SSSR count). The average Bonchev–Trinajstić information content (AvgIpc) is 3.09. The molecule has 0 aliphatic carbocycles. The predicted octanol–water partition coefficient (Wildman–Crippen LogP) is 2.72. The lowest BCUT2D eigenvalue weighted by molar-refractivity contribution is -0.137. The van der Waals surface area contributed by atoms with Crippen LogP contribution in [-0.2, 0) is 12.7 Å². The molecule has 0 atom stereocenters. The average molecular weight is 386 g/mol. The fourth-order valence-corrected chi connectivity index (χ4v) is 2.85. The number of fused-ring (bicyclic) bond motifs is 1. The van der Waals surface area contributed by atoms with Gasteiger partial charge in [0.15, 0.2) is 0 Å². The third-order valence-corrected chi connectivity index (χ3v) is 4.14. The van der Waals surface area contributed by atoms with Gasteiger partial charge in [-0.15, -0.1) is 10.2 Å². The first-order valence-electron chi connectivity index (χ1n) is 8.25. The van der Waals surface area contributed by atoms with Crippen LogP contribution in [0.25, 0.3) is 17.0 Å². The van der Waals surface area contributed by atoms with Crippen molar-refractivity contribution in [2.75, 3.05) is 0 Å². The van der Waals surface area contributed by atoms with E-state index >= 15 is 0 Å². The third-order valence-electron chi connectivity index (χ3n) is 4.14. The predicted molar refractivity (Wildman–Crippen MR) is 93.6 cm³/mol. The largest absolute Gasteiger partial charge is 0.416 e. The summed E-state index contributed by atoms with van der Waals surface area (Å²) in [5, 5.41) is 11.8. The molecule has 0 spiro atoms. The highest BCUT2D eigenvalue weighted by Crippen LogP contribution is 2.31. The van der Waals surface area contributed by atoms with Gasteiger partial charge in [-0.3, -0.25) is 9.20 Å². The molecule has 0 N–H and O–H groups in total. The number of halogens is 3. The summed E-state index contributed by atoms with van der Waals surface area (Å²) >= 11 is 0. The monoisotopic (exact) mass is 386 g/mol. The summed E-state index contributed by atoms with van der Waals surface area (Å²) in [6.07, 6.45) is -4.46. The van der Waals surface area contributed by atoms with E-state index in [2.05, 4.69) is 20.4 Å². The molecule has 3 aromatic heterocycles. The Labute approximate surface area is 156 Å². The van der Waals surface area contributed by atoms with E-state index in [1.165, 1.54) is 27.4 Å². The number of aryl methyl sites for hydroxylation is 1. The number of rotatable bonds is 3. The maximum absolute atomic E-state index is 12.9. The molecule has 0 saturated carbocycles. The molecular formula is C18H13F3N6O. The quantitative estimate of drug-likeness (QED) is 0.541. The topological polar surface area (TPSA) is 78.0 Å². The summed E-state index contributed by atoms with van der Waals surface area (Å²) in [4.78, 5) is 17.9. The Morgan fingerprint density at radius 2 is 1.86 bits per heavy atom. The van der Waals surface area contributed by atoms with Crippen LogP contribution < -0.4 is 5.56 Å². The van der Waals surface area contributed by atoms with E-state index in [0.29, 0.717) is 11.3 Å². The number of tetrazole rings is 1. The molecule has 0 bridgehead atoms. The standard InChI is InChI=1S/C18H13F3N6O/c1-11-4-2-7-15-22-14(9-16(28)27(11)15)10-26-24-17(23-25-26)12-5-3-6-13(8-12)18(19,20)21/h2-9H,10H2,1H3. The summed E-state index contributed by atoms with van der Waals surface area (Å²) in [5.41, 5.74) is 0.831. The molecule has 142 valence electrons. The molecule has 0 fully saturated rings. The second-order valence-corrected chi connectivity index (χ2v) is 6.17. The van der Waals surface area contributed by atoms with Gasteiger partial charge in [0.05, 0.1) is 11.3 Å². The van der Waals surface area contributed by atoms with E-state index in [-0.39, 0.29) is 23.5 Å². The minimum atomic E-state index is -4.46. The van der Waals surface area contributed by atoms with Gasteiger partial charge in [0, 0.05) is 17.3 Å². The van der Waals surface area contributed by atoms with Crippen molar-refractivity contribution in [1.82, 2.24) is 29.6 Å². The van der Waals surface area contributed by atoms with Crippen LogP contribution in [0.2, 0.25) is 0 Å². The minimum absolute atomic E-state index is 0.0551. The van der Waals surface area contributed by atoms with Gasteiger partial charge in [0.2, 0.25) is 5.82 Å². The Morgan fingerprint density at radius 3 is 2.64 bits per heavy atom. The zero-order valence-electron chi connectivity index (χ0n) is 14.6. The van der Waals surface area contributed by atoms with Gasteiger partial charge >= 0.3 is 6.18 Å². The number of alkyl halides is 3.